The van der Waals surface area contributed by atoms with Crippen LogP contribution >= 0.6 is 0 Å². The Morgan fingerprint density at radius 2 is 2.09 bits per heavy atom. The standard InChI is InChI=1S/C13H16N2O3.2C2H6/c1-3-4-9-7-18-11-6-8(13(16)17-2)5-10(14)12(11)15-9;2*1-2/h3,5-6,9,15H,1,4,7,14H2,2H3;2*1-2H3. The Balaban J connectivity index is 0.00000102. The number of methoxy groups -OCH3 is 1. The Kier molecular flexibility index (Phi) is 9.50. The third-order valence-corrected chi connectivity index (χ3v) is 2.79. The Bertz CT molecular complexity index is 487. The number of nitrogens with one attached hydrogen (secondary N) is 1. The molecule has 22 heavy (non-hydrogen) atoms. The molecule has 0 amide bonds. The summed E-state index contributed by atoms with van der Waals surface area (Å²) in [7, 11) is 1.33. The number of esters is 1. The largest absolute Gasteiger partial charge is 0.489 e. The van der Waals surface area contributed by atoms with Gasteiger partial charge in [-0.2, -0.15) is 0 Å². The van der Waals surface area contributed by atoms with Crippen LogP contribution < -0.4 is 15.8 Å². The number of ether oxygens (including phenoxy) is 2. The normalized spacial score (nSPS) is 14.5. The highest BCUT2D eigenvalue weighted by Crippen LogP contribution is 2.36. The van der Waals surface area contributed by atoms with Crippen molar-refractivity contribution in [1.29, 1.82) is 0 Å². The van der Waals surface area contributed by atoms with Gasteiger partial charge in [-0.15, -0.1) is 6.58 Å². The van der Waals surface area contributed by atoms with Gasteiger partial charge in [-0.25, -0.2) is 4.79 Å². The van der Waals surface area contributed by atoms with Crippen molar-refractivity contribution in [3.05, 3.63) is 30.4 Å². The van der Waals surface area contributed by atoms with E-state index in [4.69, 9.17) is 10.5 Å². The number of nitrogen functional groups attached to an aromatic ring is 1. The zero-order valence-electron chi connectivity index (χ0n) is 14.2. The number of rotatable bonds is 3. The van der Waals surface area contributed by atoms with Gasteiger partial charge in [-0.3, -0.25) is 0 Å². The van der Waals surface area contributed by atoms with Gasteiger partial charge in [0.2, 0.25) is 0 Å². The van der Waals surface area contributed by atoms with Gasteiger partial charge in [-0.05, 0) is 18.6 Å². The van der Waals surface area contributed by atoms with Crippen LogP contribution in [0.2, 0.25) is 0 Å². The summed E-state index contributed by atoms with van der Waals surface area (Å²) in [5.74, 6) is 0.150. The second-order valence-electron chi connectivity index (χ2n) is 4.11. The van der Waals surface area contributed by atoms with E-state index in [1.807, 2.05) is 33.8 Å². The Morgan fingerprint density at radius 3 is 2.64 bits per heavy atom. The number of carbonyl (C=O) groups is 1. The first kappa shape index (κ1) is 19.8. The summed E-state index contributed by atoms with van der Waals surface area (Å²) < 4.78 is 10.3. The molecule has 0 saturated carbocycles. The van der Waals surface area contributed by atoms with Crippen LogP contribution in [0, 0.1) is 0 Å². The van der Waals surface area contributed by atoms with E-state index in [0.29, 0.717) is 23.6 Å². The van der Waals surface area contributed by atoms with Gasteiger partial charge in [0, 0.05) is 0 Å². The molecule has 2 rings (SSSR count). The molecule has 1 atom stereocenters. The summed E-state index contributed by atoms with van der Waals surface area (Å²) in [6, 6.07) is 3.37. The van der Waals surface area contributed by atoms with Crippen molar-refractivity contribution in [2.45, 2.75) is 40.2 Å². The molecule has 0 saturated heterocycles. The van der Waals surface area contributed by atoms with Gasteiger partial charge in [0.05, 0.1) is 24.4 Å². The molecule has 5 nitrogen and oxygen atoms in total. The number of benzene rings is 1. The van der Waals surface area contributed by atoms with Crippen molar-refractivity contribution in [2.24, 2.45) is 0 Å². The maximum atomic E-state index is 11.5. The van der Waals surface area contributed by atoms with Crippen molar-refractivity contribution in [3.63, 3.8) is 0 Å². The van der Waals surface area contributed by atoms with Crippen molar-refractivity contribution in [3.8, 4) is 5.75 Å². The van der Waals surface area contributed by atoms with E-state index in [1.54, 1.807) is 12.1 Å². The van der Waals surface area contributed by atoms with Gasteiger partial charge in [0.1, 0.15) is 18.0 Å². The second kappa shape index (κ2) is 10.5. The average Bonchev–Trinajstić information content (AvgIpc) is 2.58. The van der Waals surface area contributed by atoms with Gasteiger partial charge < -0.3 is 20.5 Å². The first-order valence-corrected chi connectivity index (χ1v) is 7.67. The summed E-state index contributed by atoms with van der Waals surface area (Å²) in [4.78, 5) is 11.5. The lowest BCUT2D eigenvalue weighted by Crippen LogP contribution is -2.31. The van der Waals surface area contributed by atoms with Gasteiger partial charge in [-0.1, -0.05) is 33.8 Å². The van der Waals surface area contributed by atoms with E-state index in [-0.39, 0.29) is 6.04 Å². The maximum Gasteiger partial charge on any atom is 0.338 e. The molecule has 0 fully saturated rings. The number of carbonyl (C=O) groups excluding carboxylic acids is 1. The van der Waals surface area contributed by atoms with Crippen LogP contribution in [-0.2, 0) is 4.74 Å². The van der Waals surface area contributed by atoms with Gasteiger partial charge in [0.15, 0.2) is 0 Å². The van der Waals surface area contributed by atoms with Crippen LogP contribution in [0.15, 0.2) is 24.8 Å². The van der Waals surface area contributed by atoms with Crippen LogP contribution in [0.4, 0.5) is 11.4 Å². The molecule has 0 bridgehead atoms. The minimum absolute atomic E-state index is 0.154. The molecule has 0 spiro atoms. The van der Waals surface area contributed by atoms with E-state index in [2.05, 4.69) is 16.6 Å². The molecule has 5 heteroatoms. The van der Waals surface area contributed by atoms with E-state index in [1.165, 1.54) is 7.11 Å². The summed E-state index contributed by atoms with van der Waals surface area (Å²) in [5, 5.41) is 3.28. The Hall–Kier alpha value is -2.17. The molecule has 1 aromatic carbocycles. The molecule has 1 aromatic rings. The molecular formula is C17H28N2O3. The number of anilines is 2. The predicted molar refractivity (Wildman–Crippen MR) is 92.6 cm³/mol. The first-order valence-electron chi connectivity index (χ1n) is 7.67. The maximum absolute atomic E-state index is 11.5. The first-order chi connectivity index (χ1) is 10.7. The summed E-state index contributed by atoms with van der Waals surface area (Å²) in [6.45, 7) is 12.2. The zero-order chi connectivity index (χ0) is 17.1. The second-order valence-corrected chi connectivity index (χ2v) is 4.11. The molecule has 0 aromatic heterocycles. The third kappa shape index (κ3) is 4.98. The molecule has 3 N–H and O–H groups in total. The monoisotopic (exact) mass is 308 g/mol. The fourth-order valence-electron chi connectivity index (χ4n) is 1.91. The average molecular weight is 308 g/mol. The van der Waals surface area contributed by atoms with Crippen LogP contribution in [0.5, 0.6) is 5.75 Å². The molecule has 124 valence electrons. The third-order valence-electron chi connectivity index (χ3n) is 2.79. The number of fused-ring (bicyclic) bond motifs is 1. The number of hydrogen-bond donors (Lipinski definition) is 2. The Morgan fingerprint density at radius 1 is 1.45 bits per heavy atom. The highest BCUT2D eigenvalue weighted by Gasteiger charge is 2.22. The summed E-state index contributed by atoms with van der Waals surface area (Å²) >= 11 is 0. The molecule has 0 aliphatic carbocycles. The lowest BCUT2D eigenvalue weighted by Gasteiger charge is -2.28. The SMILES string of the molecule is C=CCC1COc2cc(C(=O)OC)cc(N)c2N1.CC.CC. The summed E-state index contributed by atoms with van der Waals surface area (Å²) in [5.41, 5.74) is 7.50. The van der Waals surface area contributed by atoms with Crippen LogP contribution in [0.1, 0.15) is 44.5 Å². The number of nitrogens with two attached hydrogens (primary N) is 1. The van der Waals surface area contributed by atoms with E-state index < -0.39 is 5.97 Å². The highest BCUT2D eigenvalue weighted by molar-refractivity contribution is 5.93. The van der Waals surface area contributed by atoms with Crippen molar-refractivity contribution < 1.29 is 14.3 Å². The highest BCUT2D eigenvalue weighted by atomic mass is 16.5. The van der Waals surface area contributed by atoms with E-state index in [0.717, 1.165) is 12.1 Å². The molecule has 1 unspecified atom stereocenters. The van der Waals surface area contributed by atoms with Crippen molar-refractivity contribution in [2.75, 3.05) is 24.8 Å². The van der Waals surface area contributed by atoms with Crippen LogP contribution in [0.25, 0.3) is 0 Å². The lowest BCUT2D eigenvalue weighted by molar-refractivity contribution is 0.0600. The molecular weight excluding hydrogens is 280 g/mol. The molecule has 1 heterocycles. The fourth-order valence-corrected chi connectivity index (χ4v) is 1.91. The predicted octanol–water partition coefficient (Wildman–Crippen LogP) is 3.86. The van der Waals surface area contributed by atoms with Crippen molar-refractivity contribution in [1.82, 2.24) is 0 Å². The molecule has 0 radical (unpaired) electrons. The summed E-state index contributed by atoms with van der Waals surface area (Å²) in [6.07, 6.45) is 2.61. The zero-order valence-corrected chi connectivity index (χ0v) is 14.2. The topological polar surface area (TPSA) is 73.6 Å². The molecule has 1 aliphatic rings. The van der Waals surface area contributed by atoms with Gasteiger partial charge in [0.25, 0.3) is 0 Å². The van der Waals surface area contributed by atoms with Crippen LogP contribution in [-0.4, -0.2) is 25.7 Å². The lowest BCUT2D eigenvalue weighted by atomic mass is 10.1. The van der Waals surface area contributed by atoms with Gasteiger partial charge >= 0.3 is 5.97 Å². The smallest absolute Gasteiger partial charge is 0.338 e. The Labute approximate surface area is 133 Å². The van der Waals surface area contributed by atoms with Crippen molar-refractivity contribution >= 4 is 17.3 Å². The quantitative estimate of drug-likeness (QED) is 0.504. The number of hydrogen-bond acceptors (Lipinski definition) is 5. The molecule has 1 aliphatic heterocycles. The minimum Gasteiger partial charge on any atom is -0.489 e. The minimum atomic E-state index is -0.429. The van der Waals surface area contributed by atoms with E-state index in [9.17, 15) is 4.79 Å². The van der Waals surface area contributed by atoms with Crippen LogP contribution in [0.3, 0.4) is 0 Å². The van der Waals surface area contributed by atoms with E-state index >= 15 is 0 Å². The fraction of sp³-hybridized carbons (Fsp3) is 0.471.